The molecular formula is C18H18F3N3O3. The molecule has 9 heteroatoms. The summed E-state index contributed by atoms with van der Waals surface area (Å²) in [5.41, 5.74) is 1.53. The number of nitrogens with zero attached hydrogens (tertiary/aromatic N) is 1. The number of fused-ring (bicyclic) bond motifs is 1. The number of hydrogen-bond acceptors (Lipinski definition) is 3. The highest BCUT2D eigenvalue weighted by atomic mass is 19.4. The van der Waals surface area contributed by atoms with Gasteiger partial charge in [0.25, 0.3) is 11.8 Å². The molecule has 0 bridgehead atoms. The van der Waals surface area contributed by atoms with E-state index in [2.05, 4.69) is 10.6 Å². The number of ether oxygens (including phenoxy) is 1. The van der Waals surface area contributed by atoms with Gasteiger partial charge in [0.2, 0.25) is 0 Å². The number of carbonyl (C=O) groups excluding carboxylic acids is 2. The predicted molar refractivity (Wildman–Crippen MR) is 93.1 cm³/mol. The van der Waals surface area contributed by atoms with E-state index in [4.69, 9.17) is 4.74 Å². The van der Waals surface area contributed by atoms with Gasteiger partial charge in [-0.3, -0.25) is 9.59 Å². The van der Waals surface area contributed by atoms with Gasteiger partial charge in [0, 0.05) is 17.1 Å². The summed E-state index contributed by atoms with van der Waals surface area (Å²) in [4.78, 5) is 24.2. The van der Waals surface area contributed by atoms with Gasteiger partial charge in [-0.1, -0.05) is 0 Å². The number of aryl methyl sites for hydroxylation is 1. The fraction of sp³-hybridized carbons (Fsp3) is 0.333. The van der Waals surface area contributed by atoms with E-state index in [1.54, 1.807) is 19.1 Å². The number of rotatable bonds is 3. The second-order valence-corrected chi connectivity index (χ2v) is 6.40. The Labute approximate surface area is 153 Å². The molecular weight excluding hydrogens is 363 g/mol. The van der Waals surface area contributed by atoms with Crippen LogP contribution in [0.4, 0.5) is 24.5 Å². The fourth-order valence-electron chi connectivity index (χ4n) is 2.94. The lowest BCUT2D eigenvalue weighted by Gasteiger charge is -2.23. The third-order valence-electron chi connectivity index (χ3n) is 4.32. The zero-order valence-corrected chi connectivity index (χ0v) is 14.9. The van der Waals surface area contributed by atoms with Gasteiger partial charge in [-0.05, 0) is 45.0 Å². The largest absolute Gasteiger partial charge is 0.479 e. The Hall–Kier alpha value is -2.97. The minimum absolute atomic E-state index is 0.156. The zero-order valence-electron chi connectivity index (χ0n) is 14.9. The van der Waals surface area contributed by atoms with Gasteiger partial charge in [0.1, 0.15) is 12.3 Å². The summed E-state index contributed by atoms with van der Waals surface area (Å²) in [6.45, 7) is 3.45. The number of alkyl halides is 3. The number of amides is 2. The van der Waals surface area contributed by atoms with Crippen molar-refractivity contribution in [2.75, 3.05) is 10.6 Å². The molecule has 2 N–H and O–H groups in total. The Kier molecular flexibility index (Phi) is 4.63. The number of nitrogens with one attached hydrogen (secondary N) is 2. The molecule has 0 unspecified atom stereocenters. The molecule has 1 atom stereocenters. The molecule has 0 radical (unpaired) electrons. The van der Waals surface area contributed by atoms with Crippen LogP contribution in [0.3, 0.4) is 0 Å². The number of halogens is 3. The third-order valence-corrected chi connectivity index (χ3v) is 4.32. The summed E-state index contributed by atoms with van der Waals surface area (Å²) in [6, 6.07) is 6.15. The van der Waals surface area contributed by atoms with Gasteiger partial charge in [0.15, 0.2) is 6.10 Å². The minimum atomic E-state index is -4.38. The molecule has 6 nitrogen and oxygen atoms in total. The van der Waals surface area contributed by atoms with Crippen LogP contribution in [0, 0.1) is 13.8 Å². The average molecular weight is 381 g/mol. The first-order valence-corrected chi connectivity index (χ1v) is 8.21. The Balaban J connectivity index is 1.81. The van der Waals surface area contributed by atoms with Crippen molar-refractivity contribution in [3.8, 4) is 5.75 Å². The summed E-state index contributed by atoms with van der Waals surface area (Å²) in [5.74, 6) is -0.363. The molecule has 1 aliphatic heterocycles. The highest BCUT2D eigenvalue weighted by Gasteiger charge is 2.30. The van der Waals surface area contributed by atoms with Crippen molar-refractivity contribution in [1.82, 2.24) is 4.57 Å². The normalized spacial score (nSPS) is 16.4. The van der Waals surface area contributed by atoms with Crippen molar-refractivity contribution in [3.05, 3.63) is 41.2 Å². The van der Waals surface area contributed by atoms with Crippen LogP contribution in [0.5, 0.6) is 5.75 Å². The van der Waals surface area contributed by atoms with Gasteiger partial charge < -0.3 is 19.9 Å². The van der Waals surface area contributed by atoms with Crippen molar-refractivity contribution >= 4 is 23.2 Å². The standard InChI is InChI=1S/C18H18F3N3O3/c1-9-6-13(10(2)24(9)8-18(19,20)21)17(26)22-12-4-5-15-14(7-12)23-16(25)11(3)27-15/h4-7,11H,8H2,1-3H3,(H,22,26)(H,23,25)/t11-/m0/s1. The quantitative estimate of drug-likeness (QED) is 0.853. The minimum Gasteiger partial charge on any atom is -0.479 e. The van der Waals surface area contributed by atoms with Crippen molar-refractivity contribution in [3.63, 3.8) is 0 Å². The third kappa shape index (κ3) is 3.91. The molecule has 1 aromatic carbocycles. The first-order valence-electron chi connectivity index (χ1n) is 8.21. The SMILES string of the molecule is Cc1cc(C(=O)Nc2ccc3c(c2)NC(=O)[C@H](C)O3)c(C)n1CC(F)(F)F. The fourth-order valence-corrected chi connectivity index (χ4v) is 2.94. The van der Waals surface area contributed by atoms with Crippen LogP contribution in [0.25, 0.3) is 0 Å². The molecule has 27 heavy (non-hydrogen) atoms. The molecule has 0 aliphatic carbocycles. The Bertz CT molecular complexity index is 919. The number of carbonyl (C=O) groups is 2. The van der Waals surface area contributed by atoms with Crippen LogP contribution in [-0.2, 0) is 11.3 Å². The van der Waals surface area contributed by atoms with Crippen LogP contribution in [0.2, 0.25) is 0 Å². The van der Waals surface area contributed by atoms with Crippen molar-refractivity contribution < 1.29 is 27.5 Å². The lowest BCUT2D eigenvalue weighted by Crippen LogP contribution is -2.34. The van der Waals surface area contributed by atoms with Gasteiger partial charge in [0.05, 0.1) is 11.3 Å². The lowest BCUT2D eigenvalue weighted by molar-refractivity contribution is -0.141. The first kappa shape index (κ1) is 18.8. The van der Waals surface area contributed by atoms with E-state index in [0.29, 0.717) is 22.8 Å². The van der Waals surface area contributed by atoms with E-state index in [9.17, 15) is 22.8 Å². The van der Waals surface area contributed by atoms with Gasteiger partial charge in [-0.15, -0.1) is 0 Å². The first-order chi connectivity index (χ1) is 12.5. The maximum atomic E-state index is 12.7. The number of aromatic nitrogens is 1. The maximum Gasteiger partial charge on any atom is 0.406 e. The van der Waals surface area contributed by atoms with E-state index in [0.717, 1.165) is 4.57 Å². The lowest BCUT2D eigenvalue weighted by atomic mass is 10.2. The number of benzene rings is 1. The van der Waals surface area contributed by atoms with Gasteiger partial charge in [-0.25, -0.2) is 0 Å². The van der Waals surface area contributed by atoms with E-state index in [1.807, 2.05) is 0 Å². The van der Waals surface area contributed by atoms with Crippen LogP contribution >= 0.6 is 0 Å². The second-order valence-electron chi connectivity index (χ2n) is 6.40. The average Bonchev–Trinajstić information content (AvgIpc) is 2.83. The Morgan fingerprint density at radius 2 is 2.00 bits per heavy atom. The summed E-state index contributed by atoms with van der Waals surface area (Å²) in [5, 5.41) is 5.31. The number of hydrogen-bond donors (Lipinski definition) is 2. The highest BCUT2D eigenvalue weighted by molar-refractivity contribution is 6.06. The molecule has 0 fully saturated rings. The summed E-state index contributed by atoms with van der Waals surface area (Å²) >= 11 is 0. The molecule has 2 aromatic rings. The molecule has 0 saturated heterocycles. The van der Waals surface area contributed by atoms with Crippen molar-refractivity contribution in [2.24, 2.45) is 0 Å². The van der Waals surface area contributed by atoms with E-state index < -0.39 is 24.7 Å². The highest BCUT2D eigenvalue weighted by Crippen LogP contribution is 2.32. The van der Waals surface area contributed by atoms with E-state index >= 15 is 0 Å². The second kappa shape index (κ2) is 6.64. The van der Waals surface area contributed by atoms with Crippen molar-refractivity contribution in [1.29, 1.82) is 0 Å². The topological polar surface area (TPSA) is 72.4 Å². The maximum absolute atomic E-state index is 12.7. The summed E-state index contributed by atoms with van der Waals surface area (Å²) in [6.07, 6.45) is -4.99. The smallest absolute Gasteiger partial charge is 0.406 e. The molecule has 0 saturated carbocycles. The Morgan fingerprint density at radius 3 is 2.67 bits per heavy atom. The van der Waals surface area contributed by atoms with Crippen LogP contribution in [0.15, 0.2) is 24.3 Å². The summed E-state index contributed by atoms with van der Waals surface area (Å²) < 4.78 is 44.6. The van der Waals surface area contributed by atoms with Crippen LogP contribution < -0.4 is 15.4 Å². The zero-order chi connectivity index (χ0) is 19.9. The molecule has 1 aromatic heterocycles. The van der Waals surface area contributed by atoms with Gasteiger partial charge >= 0.3 is 6.18 Å². The molecule has 2 amide bonds. The summed E-state index contributed by atoms with van der Waals surface area (Å²) in [7, 11) is 0. The predicted octanol–water partition coefficient (Wildman–Crippen LogP) is 3.64. The molecule has 0 spiro atoms. The molecule has 1 aliphatic rings. The van der Waals surface area contributed by atoms with E-state index in [1.165, 1.54) is 26.0 Å². The molecule has 3 rings (SSSR count). The van der Waals surface area contributed by atoms with Crippen molar-refractivity contribution in [2.45, 2.75) is 39.6 Å². The van der Waals surface area contributed by atoms with Gasteiger partial charge in [-0.2, -0.15) is 13.2 Å². The molecule has 2 heterocycles. The number of anilines is 2. The van der Waals surface area contributed by atoms with Crippen LogP contribution in [0.1, 0.15) is 28.7 Å². The molecule has 144 valence electrons. The Morgan fingerprint density at radius 1 is 1.30 bits per heavy atom. The van der Waals surface area contributed by atoms with E-state index in [-0.39, 0.29) is 17.2 Å². The monoisotopic (exact) mass is 381 g/mol. The van der Waals surface area contributed by atoms with Crippen LogP contribution in [-0.4, -0.2) is 28.7 Å².